The fourth-order valence-corrected chi connectivity index (χ4v) is 4.09. The van der Waals surface area contributed by atoms with E-state index in [9.17, 15) is 0 Å². The van der Waals surface area contributed by atoms with Crippen LogP contribution >= 0.6 is 0 Å². The molecule has 3 nitrogen and oxygen atoms in total. The smallest absolute Gasteiger partial charge is 0.193 e. The van der Waals surface area contributed by atoms with Crippen molar-refractivity contribution in [2.24, 2.45) is 0 Å². The van der Waals surface area contributed by atoms with E-state index in [1.54, 1.807) is 0 Å². The third-order valence-corrected chi connectivity index (χ3v) is 5.34. The van der Waals surface area contributed by atoms with Crippen molar-refractivity contribution in [2.75, 3.05) is 0 Å². The Hall–Kier alpha value is -3.64. The van der Waals surface area contributed by atoms with Crippen LogP contribution in [0.25, 0.3) is 33.0 Å². The molecule has 0 bridgehead atoms. The highest BCUT2D eigenvalue weighted by molar-refractivity contribution is 5.74. The van der Waals surface area contributed by atoms with Crippen molar-refractivity contribution in [3.63, 3.8) is 0 Å². The first-order valence-corrected chi connectivity index (χ1v) is 9.69. The van der Waals surface area contributed by atoms with Crippen LogP contribution in [0.4, 0.5) is 5.69 Å². The molecule has 0 atom stereocenters. The monoisotopic (exact) mass is 377 g/mol. The predicted molar refractivity (Wildman–Crippen MR) is 120 cm³/mol. The quantitative estimate of drug-likeness (QED) is 0.353. The Kier molecular flexibility index (Phi) is 4.78. The van der Waals surface area contributed by atoms with Gasteiger partial charge in [0, 0.05) is 18.0 Å². The fourth-order valence-electron chi connectivity index (χ4n) is 4.09. The number of hydrogen-bond donors (Lipinski definition) is 0. The second kappa shape index (κ2) is 7.41. The Morgan fingerprint density at radius 1 is 0.759 bits per heavy atom. The van der Waals surface area contributed by atoms with E-state index in [4.69, 9.17) is 6.57 Å². The lowest BCUT2D eigenvalue weighted by Gasteiger charge is -2.17. The molecule has 0 aliphatic heterocycles. The molecule has 0 radical (unpaired) electrons. The van der Waals surface area contributed by atoms with Gasteiger partial charge in [-0.1, -0.05) is 42.5 Å². The number of imidazole rings is 1. The first-order valence-electron chi connectivity index (χ1n) is 9.69. The highest BCUT2D eigenvalue weighted by Crippen LogP contribution is 2.34. The molecule has 0 spiro atoms. The van der Waals surface area contributed by atoms with E-state index in [1.807, 2.05) is 44.4 Å². The number of hydrogen-bond acceptors (Lipinski definition) is 1. The maximum atomic E-state index is 7.38. The van der Waals surface area contributed by atoms with Crippen LogP contribution in [0.15, 0.2) is 67.0 Å². The zero-order valence-electron chi connectivity index (χ0n) is 17.2. The van der Waals surface area contributed by atoms with E-state index in [0.29, 0.717) is 0 Å². The van der Waals surface area contributed by atoms with Gasteiger partial charge in [-0.25, -0.2) is 9.83 Å². The first kappa shape index (κ1) is 18.7. The maximum absolute atomic E-state index is 7.38. The van der Waals surface area contributed by atoms with Gasteiger partial charge in [0.25, 0.3) is 0 Å². The average molecular weight is 377 g/mol. The summed E-state index contributed by atoms with van der Waals surface area (Å²) in [6.07, 6.45) is 3.88. The fraction of sp³-hybridized carbons (Fsp3) is 0.154. The van der Waals surface area contributed by atoms with Crippen molar-refractivity contribution in [2.45, 2.75) is 27.7 Å². The van der Waals surface area contributed by atoms with Crippen LogP contribution in [0.1, 0.15) is 22.3 Å². The SMILES string of the molecule is [C-]#[N+]c1c(C)cc(-c2cc(C)c(-n3ccnc3-c3ccccc3)c(C)c2)cc1C. The van der Waals surface area contributed by atoms with Crippen LogP contribution in [0, 0.1) is 34.3 Å². The topological polar surface area (TPSA) is 22.2 Å². The first-order chi connectivity index (χ1) is 14.0. The van der Waals surface area contributed by atoms with Crippen molar-refractivity contribution in [1.29, 1.82) is 0 Å². The normalized spacial score (nSPS) is 10.7. The standard InChI is InChI=1S/C26H23N3/c1-17-13-22(14-18(2)24(17)27-5)23-15-19(3)25(20(4)16-23)29-12-11-28-26(29)21-9-7-6-8-10-21/h6-16H,1-4H3. The summed E-state index contributed by atoms with van der Waals surface area (Å²) in [4.78, 5) is 8.27. The Balaban J connectivity index is 1.83. The Labute approximate surface area is 172 Å². The second-order valence-electron chi connectivity index (χ2n) is 7.52. The van der Waals surface area contributed by atoms with E-state index in [-0.39, 0.29) is 0 Å². The molecule has 1 heterocycles. The van der Waals surface area contributed by atoms with Crippen LogP contribution in [0.3, 0.4) is 0 Å². The lowest BCUT2D eigenvalue weighted by molar-refractivity contribution is 1.03. The highest BCUT2D eigenvalue weighted by Gasteiger charge is 2.14. The molecule has 0 saturated heterocycles. The minimum absolute atomic E-state index is 0.754. The van der Waals surface area contributed by atoms with Crippen LogP contribution in [0.5, 0.6) is 0 Å². The molecule has 0 aliphatic rings. The number of nitrogens with zero attached hydrogens (tertiary/aromatic N) is 3. The van der Waals surface area contributed by atoms with E-state index < -0.39 is 0 Å². The Morgan fingerprint density at radius 3 is 1.86 bits per heavy atom. The third-order valence-electron chi connectivity index (χ3n) is 5.34. The molecule has 0 saturated carbocycles. The van der Waals surface area contributed by atoms with Gasteiger partial charge in [-0.2, -0.15) is 0 Å². The van der Waals surface area contributed by atoms with Crippen molar-refractivity contribution >= 4 is 5.69 Å². The number of aryl methyl sites for hydroxylation is 4. The molecular weight excluding hydrogens is 354 g/mol. The van der Waals surface area contributed by atoms with Gasteiger partial charge in [0.15, 0.2) is 5.69 Å². The molecule has 3 aromatic carbocycles. The van der Waals surface area contributed by atoms with Crippen molar-refractivity contribution in [3.05, 3.63) is 101 Å². The number of benzene rings is 3. The lowest BCUT2D eigenvalue weighted by Crippen LogP contribution is -2.02. The van der Waals surface area contributed by atoms with Gasteiger partial charge >= 0.3 is 0 Å². The van der Waals surface area contributed by atoms with Crippen molar-refractivity contribution in [1.82, 2.24) is 9.55 Å². The average Bonchev–Trinajstić information content (AvgIpc) is 3.17. The van der Waals surface area contributed by atoms with Gasteiger partial charge in [-0.05, 0) is 73.2 Å². The van der Waals surface area contributed by atoms with Crippen molar-refractivity contribution in [3.8, 4) is 28.2 Å². The summed E-state index contributed by atoms with van der Waals surface area (Å²) in [6, 6.07) is 18.9. The van der Waals surface area contributed by atoms with Crippen LogP contribution in [-0.4, -0.2) is 9.55 Å². The molecule has 0 N–H and O–H groups in total. The molecule has 4 rings (SSSR count). The number of rotatable bonds is 3. The van der Waals surface area contributed by atoms with Gasteiger partial charge in [-0.3, -0.25) is 4.57 Å². The zero-order chi connectivity index (χ0) is 20.5. The van der Waals surface area contributed by atoms with Crippen LogP contribution in [-0.2, 0) is 0 Å². The highest BCUT2D eigenvalue weighted by atomic mass is 15.1. The summed E-state index contributed by atoms with van der Waals surface area (Å²) in [6.45, 7) is 15.7. The summed E-state index contributed by atoms with van der Waals surface area (Å²) in [5.41, 5.74) is 9.78. The third kappa shape index (κ3) is 3.34. The summed E-state index contributed by atoms with van der Waals surface area (Å²) in [7, 11) is 0. The van der Waals surface area contributed by atoms with Gasteiger partial charge in [0.2, 0.25) is 0 Å². The zero-order valence-corrected chi connectivity index (χ0v) is 17.2. The molecule has 3 heteroatoms. The maximum Gasteiger partial charge on any atom is 0.193 e. The molecule has 0 fully saturated rings. The second-order valence-corrected chi connectivity index (χ2v) is 7.52. The summed E-state index contributed by atoms with van der Waals surface area (Å²) in [5.74, 6) is 0.942. The summed E-state index contributed by atoms with van der Waals surface area (Å²) in [5, 5.41) is 0. The van der Waals surface area contributed by atoms with Crippen LogP contribution in [0.2, 0.25) is 0 Å². The van der Waals surface area contributed by atoms with Gasteiger partial charge in [0.1, 0.15) is 5.82 Å². The summed E-state index contributed by atoms with van der Waals surface area (Å²) < 4.78 is 2.17. The minimum atomic E-state index is 0.754. The van der Waals surface area contributed by atoms with Crippen molar-refractivity contribution < 1.29 is 0 Å². The lowest BCUT2D eigenvalue weighted by atomic mass is 9.95. The Bertz CT molecular complexity index is 1190. The Morgan fingerprint density at radius 2 is 1.31 bits per heavy atom. The molecular formula is C26H23N3. The van der Waals surface area contributed by atoms with Gasteiger partial charge < -0.3 is 0 Å². The molecule has 0 amide bonds. The molecule has 142 valence electrons. The van der Waals surface area contributed by atoms with E-state index >= 15 is 0 Å². The minimum Gasteiger partial charge on any atom is -0.299 e. The molecule has 0 aliphatic carbocycles. The largest absolute Gasteiger partial charge is 0.299 e. The number of aromatic nitrogens is 2. The van der Waals surface area contributed by atoms with Gasteiger partial charge in [0.05, 0.1) is 12.3 Å². The molecule has 4 aromatic rings. The van der Waals surface area contributed by atoms with E-state index in [1.165, 1.54) is 16.7 Å². The van der Waals surface area contributed by atoms with E-state index in [0.717, 1.165) is 39.5 Å². The molecule has 29 heavy (non-hydrogen) atoms. The predicted octanol–water partition coefficient (Wildman–Crippen LogP) is 6.99. The molecule has 1 aromatic heterocycles. The molecule has 0 unspecified atom stereocenters. The van der Waals surface area contributed by atoms with E-state index in [2.05, 4.69) is 64.6 Å². The van der Waals surface area contributed by atoms with Gasteiger partial charge in [-0.15, -0.1) is 0 Å². The van der Waals surface area contributed by atoms with Crippen LogP contribution < -0.4 is 0 Å². The summed E-state index contributed by atoms with van der Waals surface area (Å²) >= 11 is 0.